The van der Waals surface area contributed by atoms with Crippen LogP contribution in [0.1, 0.15) is 38.5 Å². The molecule has 0 aromatic heterocycles. The molecular formula is C11H22N2. The van der Waals surface area contributed by atoms with Crippen molar-refractivity contribution in [1.82, 2.24) is 5.32 Å². The lowest BCUT2D eigenvalue weighted by atomic mass is 9.83. The SMILES string of the molecule is NCC(NCCC1CCC1)C1CC1. The van der Waals surface area contributed by atoms with Gasteiger partial charge in [-0.2, -0.15) is 0 Å². The molecule has 2 aliphatic carbocycles. The third-order valence-corrected chi connectivity index (χ3v) is 3.63. The minimum Gasteiger partial charge on any atom is -0.329 e. The fourth-order valence-electron chi connectivity index (χ4n) is 2.20. The van der Waals surface area contributed by atoms with Crippen LogP contribution in [-0.2, 0) is 0 Å². The molecule has 13 heavy (non-hydrogen) atoms. The minimum atomic E-state index is 0.625. The fourth-order valence-corrected chi connectivity index (χ4v) is 2.20. The normalized spacial score (nSPS) is 25.6. The molecule has 0 aliphatic heterocycles. The monoisotopic (exact) mass is 182 g/mol. The third-order valence-electron chi connectivity index (χ3n) is 3.63. The highest BCUT2D eigenvalue weighted by molar-refractivity contribution is 4.87. The van der Waals surface area contributed by atoms with Crippen molar-refractivity contribution in [3.63, 3.8) is 0 Å². The summed E-state index contributed by atoms with van der Waals surface area (Å²) in [7, 11) is 0. The highest BCUT2D eigenvalue weighted by Gasteiger charge is 2.29. The molecule has 2 nitrogen and oxygen atoms in total. The molecule has 1 atom stereocenters. The van der Waals surface area contributed by atoms with Crippen LogP contribution in [0.25, 0.3) is 0 Å². The van der Waals surface area contributed by atoms with Gasteiger partial charge in [0, 0.05) is 12.6 Å². The van der Waals surface area contributed by atoms with Crippen LogP contribution in [0.3, 0.4) is 0 Å². The summed E-state index contributed by atoms with van der Waals surface area (Å²) in [5.41, 5.74) is 5.71. The van der Waals surface area contributed by atoms with Crippen LogP contribution in [0, 0.1) is 11.8 Å². The van der Waals surface area contributed by atoms with E-state index in [2.05, 4.69) is 5.32 Å². The molecule has 0 amide bonds. The quantitative estimate of drug-likeness (QED) is 0.653. The Hall–Kier alpha value is -0.0800. The molecule has 3 N–H and O–H groups in total. The van der Waals surface area contributed by atoms with Crippen LogP contribution < -0.4 is 11.1 Å². The Morgan fingerprint density at radius 1 is 1.23 bits per heavy atom. The zero-order chi connectivity index (χ0) is 9.10. The van der Waals surface area contributed by atoms with E-state index in [1.54, 1.807) is 0 Å². The van der Waals surface area contributed by atoms with Crippen molar-refractivity contribution in [2.75, 3.05) is 13.1 Å². The zero-order valence-electron chi connectivity index (χ0n) is 8.47. The summed E-state index contributed by atoms with van der Waals surface area (Å²) in [4.78, 5) is 0. The second-order valence-corrected chi connectivity index (χ2v) is 4.72. The highest BCUT2D eigenvalue weighted by atomic mass is 14.9. The number of nitrogens with two attached hydrogens (primary N) is 1. The first-order valence-corrected chi connectivity index (χ1v) is 5.83. The molecule has 2 aliphatic rings. The Labute approximate surface area is 81.3 Å². The highest BCUT2D eigenvalue weighted by Crippen LogP contribution is 2.32. The zero-order valence-corrected chi connectivity index (χ0v) is 8.47. The first-order chi connectivity index (χ1) is 6.40. The van der Waals surface area contributed by atoms with Gasteiger partial charge in [0.25, 0.3) is 0 Å². The molecule has 2 fully saturated rings. The van der Waals surface area contributed by atoms with Gasteiger partial charge < -0.3 is 11.1 Å². The Bertz CT molecular complexity index is 150. The first kappa shape index (κ1) is 9.47. The molecule has 0 bridgehead atoms. The predicted molar refractivity (Wildman–Crippen MR) is 55.5 cm³/mol. The predicted octanol–water partition coefficient (Wildman–Crippen LogP) is 1.50. The average Bonchev–Trinajstić information content (AvgIpc) is 2.84. The standard InChI is InChI=1S/C11H22N2/c12-8-11(10-4-5-10)13-7-6-9-2-1-3-9/h9-11,13H,1-8,12H2. The van der Waals surface area contributed by atoms with Crippen molar-refractivity contribution in [2.24, 2.45) is 17.6 Å². The maximum Gasteiger partial charge on any atom is 0.0218 e. The van der Waals surface area contributed by atoms with E-state index in [9.17, 15) is 0 Å². The number of hydrogen-bond donors (Lipinski definition) is 2. The summed E-state index contributed by atoms with van der Waals surface area (Å²) in [5, 5.41) is 3.61. The Morgan fingerprint density at radius 3 is 2.46 bits per heavy atom. The molecule has 0 aromatic rings. The van der Waals surface area contributed by atoms with E-state index < -0.39 is 0 Å². The van der Waals surface area contributed by atoms with E-state index in [1.165, 1.54) is 45.1 Å². The van der Waals surface area contributed by atoms with E-state index in [-0.39, 0.29) is 0 Å². The Kier molecular flexibility index (Phi) is 3.23. The van der Waals surface area contributed by atoms with Crippen LogP contribution in [0.5, 0.6) is 0 Å². The van der Waals surface area contributed by atoms with Gasteiger partial charge in [0.05, 0.1) is 0 Å². The second-order valence-electron chi connectivity index (χ2n) is 4.72. The van der Waals surface area contributed by atoms with Crippen molar-refractivity contribution >= 4 is 0 Å². The van der Waals surface area contributed by atoms with Crippen molar-refractivity contribution in [1.29, 1.82) is 0 Å². The van der Waals surface area contributed by atoms with Gasteiger partial charge >= 0.3 is 0 Å². The smallest absolute Gasteiger partial charge is 0.0218 e. The van der Waals surface area contributed by atoms with Gasteiger partial charge in [-0.1, -0.05) is 19.3 Å². The van der Waals surface area contributed by atoms with Crippen molar-refractivity contribution in [3.8, 4) is 0 Å². The first-order valence-electron chi connectivity index (χ1n) is 5.83. The maximum atomic E-state index is 5.71. The number of rotatable bonds is 6. The van der Waals surface area contributed by atoms with Crippen LogP contribution in [0.4, 0.5) is 0 Å². The molecule has 1 unspecified atom stereocenters. The summed E-state index contributed by atoms with van der Waals surface area (Å²) in [5.74, 6) is 1.94. The number of hydrogen-bond acceptors (Lipinski definition) is 2. The van der Waals surface area contributed by atoms with Gasteiger partial charge in [-0.3, -0.25) is 0 Å². The van der Waals surface area contributed by atoms with Gasteiger partial charge in [-0.15, -0.1) is 0 Å². The molecule has 2 rings (SSSR count). The lowest BCUT2D eigenvalue weighted by Crippen LogP contribution is -2.39. The molecular weight excluding hydrogens is 160 g/mol. The van der Waals surface area contributed by atoms with Crippen molar-refractivity contribution in [3.05, 3.63) is 0 Å². The van der Waals surface area contributed by atoms with Gasteiger partial charge in [-0.25, -0.2) is 0 Å². The molecule has 0 spiro atoms. The lowest BCUT2D eigenvalue weighted by Gasteiger charge is -2.26. The summed E-state index contributed by atoms with van der Waals surface area (Å²) in [6.07, 6.45) is 8.59. The molecule has 2 heteroatoms. The van der Waals surface area contributed by atoms with Crippen LogP contribution in [0.15, 0.2) is 0 Å². The molecule has 0 radical (unpaired) electrons. The topological polar surface area (TPSA) is 38.0 Å². The van der Waals surface area contributed by atoms with Crippen LogP contribution >= 0.6 is 0 Å². The molecule has 0 saturated heterocycles. The van der Waals surface area contributed by atoms with Crippen LogP contribution in [0.2, 0.25) is 0 Å². The summed E-state index contributed by atoms with van der Waals surface area (Å²) in [6, 6.07) is 0.625. The van der Waals surface area contributed by atoms with Gasteiger partial charge in [0.1, 0.15) is 0 Å². The largest absolute Gasteiger partial charge is 0.329 e. The van der Waals surface area contributed by atoms with E-state index in [0.29, 0.717) is 6.04 Å². The molecule has 2 saturated carbocycles. The summed E-state index contributed by atoms with van der Waals surface area (Å²) in [6.45, 7) is 2.03. The Morgan fingerprint density at radius 2 is 2.00 bits per heavy atom. The third kappa shape index (κ3) is 2.68. The molecule has 0 heterocycles. The number of nitrogens with one attached hydrogen (secondary N) is 1. The van der Waals surface area contributed by atoms with E-state index in [0.717, 1.165) is 18.4 Å². The summed E-state index contributed by atoms with van der Waals surface area (Å²) >= 11 is 0. The fraction of sp³-hybridized carbons (Fsp3) is 1.00. The molecule has 0 aromatic carbocycles. The van der Waals surface area contributed by atoms with Crippen LogP contribution in [-0.4, -0.2) is 19.1 Å². The van der Waals surface area contributed by atoms with Gasteiger partial charge in [-0.05, 0) is 37.6 Å². The van der Waals surface area contributed by atoms with Crippen molar-refractivity contribution < 1.29 is 0 Å². The minimum absolute atomic E-state index is 0.625. The Balaban J connectivity index is 1.54. The van der Waals surface area contributed by atoms with Gasteiger partial charge in [0.2, 0.25) is 0 Å². The summed E-state index contributed by atoms with van der Waals surface area (Å²) < 4.78 is 0. The van der Waals surface area contributed by atoms with Crippen molar-refractivity contribution in [2.45, 2.75) is 44.6 Å². The second kappa shape index (κ2) is 4.43. The average molecular weight is 182 g/mol. The van der Waals surface area contributed by atoms with Gasteiger partial charge in [0.15, 0.2) is 0 Å². The van der Waals surface area contributed by atoms with E-state index >= 15 is 0 Å². The maximum absolute atomic E-state index is 5.71. The molecule has 76 valence electrons. The van der Waals surface area contributed by atoms with E-state index in [1.807, 2.05) is 0 Å². The van der Waals surface area contributed by atoms with E-state index in [4.69, 9.17) is 5.73 Å². The lowest BCUT2D eigenvalue weighted by molar-refractivity contribution is 0.285.